The lowest BCUT2D eigenvalue weighted by Crippen LogP contribution is -2.58. The smallest absolute Gasteiger partial charge is 0.254 e. The van der Waals surface area contributed by atoms with Crippen LogP contribution in [0.25, 0.3) is 0 Å². The normalized spacial score (nSPS) is 15.9. The Kier molecular flexibility index (Phi) is 3.91. The van der Waals surface area contributed by atoms with Crippen molar-refractivity contribution in [2.75, 3.05) is 25.9 Å². The minimum atomic E-state index is -3.29. The van der Waals surface area contributed by atoms with Crippen molar-refractivity contribution < 1.29 is 13.2 Å². The summed E-state index contributed by atoms with van der Waals surface area (Å²) in [6.07, 6.45) is 1.14. The van der Waals surface area contributed by atoms with Crippen LogP contribution >= 0.6 is 0 Å². The van der Waals surface area contributed by atoms with E-state index >= 15 is 0 Å². The van der Waals surface area contributed by atoms with Gasteiger partial charge in [0.05, 0.1) is 10.9 Å². The molecule has 1 aliphatic rings. The van der Waals surface area contributed by atoms with Crippen molar-refractivity contribution in [3.63, 3.8) is 0 Å². The van der Waals surface area contributed by atoms with Crippen LogP contribution in [0.3, 0.4) is 0 Å². The molecular weight excluding hydrogens is 264 g/mol. The molecule has 104 valence electrons. The molecule has 0 spiro atoms. The van der Waals surface area contributed by atoms with E-state index in [0.717, 1.165) is 19.3 Å². The SMILES string of the molecule is CCN(C(=O)c1cccc(S(C)(=O)=O)c1)C1CNC1. The van der Waals surface area contributed by atoms with Crippen LogP contribution < -0.4 is 5.32 Å². The molecule has 5 nitrogen and oxygen atoms in total. The first-order valence-electron chi connectivity index (χ1n) is 6.25. The highest BCUT2D eigenvalue weighted by molar-refractivity contribution is 7.90. The monoisotopic (exact) mass is 282 g/mol. The summed E-state index contributed by atoms with van der Waals surface area (Å²) in [5.74, 6) is -0.112. The van der Waals surface area contributed by atoms with Gasteiger partial charge in [0.1, 0.15) is 0 Å². The first-order valence-corrected chi connectivity index (χ1v) is 8.14. The maximum atomic E-state index is 12.4. The van der Waals surface area contributed by atoms with Crippen LogP contribution in [-0.2, 0) is 9.84 Å². The van der Waals surface area contributed by atoms with Gasteiger partial charge < -0.3 is 10.2 Å². The molecule has 0 atom stereocenters. The predicted octanol–water partition coefficient (Wildman–Crippen LogP) is 0.524. The van der Waals surface area contributed by atoms with Gasteiger partial charge in [0.15, 0.2) is 9.84 Å². The number of carbonyl (C=O) groups excluding carboxylic acids is 1. The van der Waals surface area contributed by atoms with Gasteiger partial charge in [0.2, 0.25) is 0 Å². The zero-order valence-electron chi connectivity index (χ0n) is 11.1. The lowest BCUT2D eigenvalue weighted by Gasteiger charge is -2.37. The highest BCUT2D eigenvalue weighted by Gasteiger charge is 2.28. The largest absolute Gasteiger partial charge is 0.333 e. The van der Waals surface area contributed by atoms with Gasteiger partial charge in [-0.15, -0.1) is 0 Å². The van der Waals surface area contributed by atoms with Crippen molar-refractivity contribution in [1.82, 2.24) is 10.2 Å². The Morgan fingerprint density at radius 1 is 1.42 bits per heavy atom. The molecule has 0 aromatic heterocycles. The number of nitrogens with one attached hydrogen (secondary N) is 1. The van der Waals surface area contributed by atoms with Gasteiger partial charge in [-0.1, -0.05) is 6.07 Å². The number of hydrogen-bond acceptors (Lipinski definition) is 4. The Morgan fingerprint density at radius 2 is 2.11 bits per heavy atom. The standard InChI is InChI=1S/C13H18N2O3S/c1-3-15(11-8-14-9-11)13(16)10-5-4-6-12(7-10)19(2,17)18/h4-7,11,14H,3,8-9H2,1-2H3. The lowest BCUT2D eigenvalue weighted by molar-refractivity contribution is 0.0630. The van der Waals surface area contributed by atoms with Crippen LogP contribution in [0.15, 0.2) is 29.2 Å². The molecule has 1 aliphatic heterocycles. The van der Waals surface area contributed by atoms with E-state index in [1.54, 1.807) is 17.0 Å². The average Bonchev–Trinajstić information content (AvgIpc) is 2.31. The summed E-state index contributed by atoms with van der Waals surface area (Å²) >= 11 is 0. The summed E-state index contributed by atoms with van der Waals surface area (Å²) in [6.45, 7) is 4.14. The summed E-state index contributed by atoms with van der Waals surface area (Å²) in [6, 6.07) is 6.43. The fraction of sp³-hybridized carbons (Fsp3) is 0.462. The minimum Gasteiger partial charge on any atom is -0.333 e. The highest BCUT2D eigenvalue weighted by atomic mass is 32.2. The summed E-state index contributed by atoms with van der Waals surface area (Å²) < 4.78 is 23.0. The van der Waals surface area contributed by atoms with Crippen molar-refractivity contribution in [3.8, 4) is 0 Å². The molecular formula is C13H18N2O3S. The molecule has 6 heteroatoms. The molecule has 0 bridgehead atoms. The first-order chi connectivity index (χ1) is 8.93. The number of hydrogen-bond donors (Lipinski definition) is 1. The molecule has 19 heavy (non-hydrogen) atoms. The number of carbonyl (C=O) groups is 1. The van der Waals surface area contributed by atoms with E-state index < -0.39 is 9.84 Å². The quantitative estimate of drug-likeness (QED) is 0.874. The molecule has 1 aromatic rings. The van der Waals surface area contributed by atoms with Crippen molar-refractivity contribution in [3.05, 3.63) is 29.8 Å². The number of likely N-dealkylation sites (N-methyl/N-ethyl adjacent to an activating group) is 1. The molecule has 0 unspecified atom stereocenters. The number of sulfone groups is 1. The summed E-state index contributed by atoms with van der Waals surface area (Å²) in [7, 11) is -3.29. The van der Waals surface area contributed by atoms with E-state index in [0.29, 0.717) is 12.1 Å². The summed E-state index contributed by atoms with van der Waals surface area (Å²) in [4.78, 5) is 14.3. The fourth-order valence-corrected chi connectivity index (χ4v) is 2.75. The third-order valence-electron chi connectivity index (χ3n) is 3.31. The Bertz CT molecular complexity index is 579. The van der Waals surface area contributed by atoms with Crippen molar-refractivity contribution in [2.45, 2.75) is 17.9 Å². The first kappa shape index (κ1) is 14.0. The molecule has 0 radical (unpaired) electrons. The van der Waals surface area contributed by atoms with Crippen LogP contribution in [0.4, 0.5) is 0 Å². The molecule has 1 fully saturated rings. The lowest BCUT2D eigenvalue weighted by atomic mass is 10.1. The fourth-order valence-electron chi connectivity index (χ4n) is 2.09. The third kappa shape index (κ3) is 2.96. The van der Waals surface area contributed by atoms with Crippen molar-refractivity contribution in [1.29, 1.82) is 0 Å². The number of rotatable bonds is 4. The number of nitrogens with zero attached hydrogens (tertiary/aromatic N) is 1. The second-order valence-corrected chi connectivity index (χ2v) is 6.72. The maximum Gasteiger partial charge on any atom is 0.254 e. The van der Waals surface area contributed by atoms with E-state index in [2.05, 4.69) is 5.32 Å². The maximum absolute atomic E-state index is 12.4. The number of amides is 1. The van der Waals surface area contributed by atoms with Gasteiger partial charge in [-0.2, -0.15) is 0 Å². The average molecular weight is 282 g/mol. The van der Waals surface area contributed by atoms with E-state index in [1.807, 2.05) is 6.92 Å². The molecule has 1 N–H and O–H groups in total. The van der Waals surface area contributed by atoms with Crippen LogP contribution in [0.2, 0.25) is 0 Å². The molecule has 1 aromatic carbocycles. The molecule has 0 aliphatic carbocycles. The van der Waals surface area contributed by atoms with Crippen LogP contribution in [0.5, 0.6) is 0 Å². The molecule has 1 amide bonds. The molecule has 0 saturated carbocycles. The second kappa shape index (κ2) is 5.30. The summed E-state index contributed by atoms with van der Waals surface area (Å²) in [5, 5.41) is 3.13. The Hall–Kier alpha value is -1.40. The second-order valence-electron chi connectivity index (χ2n) is 4.70. The van der Waals surface area contributed by atoms with E-state index in [4.69, 9.17) is 0 Å². The van der Waals surface area contributed by atoms with Crippen LogP contribution in [0, 0.1) is 0 Å². The van der Waals surface area contributed by atoms with Crippen molar-refractivity contribution >= 4 is 15.7 Å². The van der Waals surface area contributed by atoms with Gasteiger partial charge in [0.25, 0.3) is 5.91 Å². The van der Waals surface area contributed by atoms with Gasteiger partial charge in [-0.05, 0) is 25.1 Å². The third-order valence-corrected chi connectivity index (χ3v) is 4.42. The topological polar surface area (TPSA) is 66.5 Å². The van der Waals surface area contributed by atoms with Crippen LogP contribution in [-0.4, -0.2) is 51.2 Å². The Morgan fingerprint density at radius 3 is 2.58 bits per heavy atom. The zero-order valence-corrected chi connectivity index (χ0v) is 11.9. The van der Waals surface area contributed by atoms with Crippen molar-refractivity contribution in [2.24, 2.45) is 0 Å². The van der Waals surface area contributed by atoms with Crippen LogP contribution in [0.1, 0.15) is 17.3 Å². The molecule has 1 saturated heterocycles. The van der Waals surface area contributed by atoms with Gasteiger partial charge in [0, 0.05) is 31.5 Å². The predicted molar refractivity (Wildman–Crippen MR) is 72.9 cm³/mol. The summed E-state index contributed by atoms with van der Waals surface area (Å²) in [5.41, 5.74) is 0.427. The van der Waals surface area contributed by atoms with Gasteiger partial charge >= 0.3 is 0 Å². The van der Waals surface area contributed by atoms with Gasteiger partial charge in [-0.3, -0.25) is 4.79 Å². The highest BCUT2D eigenvalue weighted by Crippen LogP contribution is 2.15. The Labute approximate surface area is 113 Å². The Balaban J connectivity index is 2.28. The zero-order chi connectivity index (χ0) is 14.0. The minimum absolute atomic E-state index is 0.112. The number of benzene rings is 1. The van der Waals surface area contributed by atoms with Gasteiger partial charge in [-0.25, -0.2) is 8.42 Å². The van der Waals surface area contributed by atoms with E-state index in [9.17, 15) is 13.2 Å². The van der Waals surface area contributed by atoms with E-state index in [-0.39, 0.29) is 16.8 Å². The molecule has 1 heterocycles. The molecule has 2 rings (SSSR count). The van der Waals surface area contributed by atoms with E-state index in [1.165, 1.54) is 12.1 Å².